The van der Waals surface area contributed by atoms with Crippen molar-refractivity contribution in [1.82, 2.24) is 4.90 Å². The molecule has 0 spiro atoms. The van der Waals surface area contributed by atoms with E-state index < -0.39 is 0 Å². The van der Waals surface area contributed by atoms with Crippen LogP contribution in [0, 0.1) is 0 Å². The van der Waals surface area contributed by atoms with E-state index in [2.05, 4.69) is 28.9 Å². The van der Waals surface area contributed by atoms with Crippen LogP contribution in [0.4, 0.5) is 11.4 Å². The summed E-state index contributed by atoms with van der Waals surface area (Å²) in [6, 6.07) is 6.88. The van der Waals surface area contributed by atoms with Crippen molar-refractivity contribution in [2.24, 2.45) is 0 Å². The molecule has 116 valence electrons. The molecule has 3 rings (SSSR count). The third-order valence-corrected chi connectivity index (χ3v) is 4.56. The van der Waals surface area contributed by atoms with Gasteiger partial charge in [-0.3, -0.25) is 4.90 Å². The van der Waals surface area contributed by atoms with E-state index in [0.717, 1.165) is 37.6 Å². The zero-order valence-corrected chi connectivity index (χ0v) is 13.1. The van der Waals surface area contributed by atoms with Gasteiger partial charge in [0.25, 0.3) is 0 Å². The van der Waals surface area contributed by atoms with Gasteiger partial charge in [0.15, 0.2) is 0 Å². The van der Waals surface area contributed by atoms with Gasteiger partial charge in [0.2, 0.25) is 0 Å². The molecular formula is C17H27N3O. The second-order valence-corrected chi connectivity index (χ2v) is 6.24. The van der Waals surface area contributed by atoms with E-state index in [-0.39, 0.29) is 0 Å². The summed E-state index contributed by atoms with van der Waals surface area (Å²) in [5, 5.41) is 0. The minimum Gasteiger partial charge on any atom is -0.493 e. The lowest BCUT2D eigenvalue weighted by Crippen LogP contribution is -2.36. The van der Waals surface area contributed by atoms with Crippen molar-refractivity contribution in [3.05, 3.63) is 18.2 Å². The number of fused-ring (bicyclic) bond motifs is 1. The Balaban J connectivity index is 1.76. The van der Waals surface area contributed by atoms with E-state index in [1.807, 2.05) is 6.07 Å². The Morgan fingerprint density at radius 3 is 2.90 bits per heavy atom. The van der Waals surface area contributed by atoms with Crippen molar-refractivity contribution in [1.29, 1.82) is 0 Å². The quantitative estimate of drug-likeness (QED) is 0.865. The maximum Gasteiger partial charge on any atom is 0.123 e. The molecule has 2 aliphatic heterocycles. The molecule has 4 nitrogen and oxygen atoms in total. The fourth-order valence-corrected chi connectivity index (χ4v) is 3.53. The van der Waals surface area contributed by atoms with Crippen molar-refractivity contribution in [3.63, 3.8) is 0 Å². The van der Waals surface area contributed by atoms with Gasteiger partial charge in [0.1, 0.15) is 5.75 Å². The Kier molecular flexibility index (Phi) is 4.54. The molecule has 21 heavy (non-hydrogen) atoms. The smallest absolute Gasteiger partial charge is 0.123 e. The minimum absolute atomic E-state index is 0.717. The normalized spacial score (nSPS) is 22.9. The number of nitrogens with zero attached hydrogens (tertiary/aromatic N) is 2. The third kappa shape index (κ3) is 3.43. The Morgan fingerprint density at radius 2 is 2.05 bits per heavy atom. The first-order valence-corrected chi connectivity index (χ1v) is 8.28. The lowest BCUT2D eigenvalue weighted by atomic mass is 10.2. The van der Waals surface area contributed by atoms with Gasteiger partial charge in [-0.25, -0.2) is 0 Å². The Hall–Kier alpha value is -1.42. The number of benzene rings is 1. The fourth-order valence-electron chi connectivity index (χ4n) is 3.53. The first-order valence-electron chi connectivity index (χ1n) is 8.28. The fraction of sp³-hybridized carbons (Fsp3) is 0.647. The van der Waals surface area contributed by atoms with Crippen molar-refractivity contribution < 1.29 is 4.74 Å². The molecule has 0 amide bonds. The monoisotopic (exact) mass is 289 g/mol. The van der Waals surface area contributed by atoms with Gasteiger partial charge < -0.3 is 15.4 Å². The number of anilines is 2. The van der Waals surface area contributed by atoms with Crippen LogP contribution in [0.1, 0.15) is 32.6 Å². The second-order valence-electron chi connectivity index (χ2n) is 6.24. The molecule has 2 heterocycles. The first kappa shape index (κ1) is 14.5. The molecule has 0 aliphatic carbocycles. The van der Waals surface area contributed by atoms with Crippen LogP contribution in [0.2, 0.25) is 0 Å². The van der Waals surface area contributed by atoms with E-state index in [4.69, 9.17) is 10.5 Å². The van der Waals surface area contributed by atoms with Crippen LogP contribution in [-0.2, 0) is 0 Å². The molecular weight excluding hydrogens is 262 g/mol. The average molecular weight is 289 g/mol. The van der Waals surface area contributed by atoms with Crippen molar-refractivity contribution >= 4 is 11.4 Å². The predicted molar refractivity (Wildman–Crippen MR) is 88.1 cm³/mol. The molecule has 0 radical (unpaired) electrons. The molecule has 0 saturated carbocycles. The van der Waals surface area contributed by atoms with Gasteiger partial charge in [0.05, 0.1) is 6.61 Å². The zero-order valence-electron chi connectivity index (χ0n) is 13.1. The topological polar surface area (TPSA) is 41.7 Å². The summed E-state index contributed by atoms with van der Waals surface area (Å²) in [7, 11) is 0. The summed E-state index contributed by atoms with van der Waals surface area (Å²) in [5.41, 5.74) is 8.08. The van der Waals surface area contributed by atoms with E-state index in [9.17, 15) is 0 Å². The number of rotatable bonds is 4. The molecule has 2 fully saturated rings. The molecule has 0 bridgehead atoms. The maximum absolute atomic E-state index is 6.07. The summed E-state index contributed by atoms with van der Waals surface area (Å²) in [5.74, 6) is 0.902. The molecule has 1 aromatic rings. The molecule has 2 saturated heterocycles. The second kappa shape index (κ2) is 6.56. The highest BCUT2D eigenvalue weighted by Gasteiger charge is 2.28. The summed E-state index contributed by atoms with van der Waals surface area (Å²) in [6.07, 6.45) is 4.93. The van der Waals surface area contributed by atoms with E-state index in [1.54, 1.807) is 0 Å². The van der Waals surface area contributed by atoms with Gasteiger partial charge in [-0.1, -0.05) is 6.92 Å². The van der Waals surface area contributed by atoms with Crippen molar-refractivity contribution in [2.45, 2.75) is 38.6 Å². The summed E-state index contributed by atoms with van der Waals surface area (Å²) in [4.78, 5) is 5.14. The van der Waals surface area contributed by atoms with Crippen LogP contribution in [0.25, 0.3) is 0 Å². The van der Waals surface area contributed by atoms with Crippen LogP contribution >= 0.6 is 0 Å². The highest BCUT2D eigenvalue weighted by molar-refractivity contribution is 5.60. The molecule has 2 aliphatic rings. The standard InChI is InChI=1S/C17H27N3O/c1-2-9-21-17-11-14(18)10-16(12-17)20-8-4-7-19-6-3-5-15(19)13-20/h10-12,15H,2-9,13,18H2,1H3. The van der Waals surface area contributed by atoms with Crippen LogP contribution in [0.3, 0.4) is 0 Å². The molecule has 2 N–H and O–H groups in total. The number of hydrogen-bond donors (Lipinski definition) is 1. The van der Waals surface area contributed by atoms with Gasteiger partial charge in [-0.2, -0.15) is 0 Å². The van der Waals surface area contributed by atoms with E-state index in [0.29, 0.717) is 6.04 Å². The highest BCUT2D eigenvalue weighted by atomic mass is 16.5. The van der Waals surface area contributed by atoms with Crippen LogP contribution in [0.15, 0.2) is 18.2 Å². The van der Waals surface area contributed by atoms with Gasteiger partial charge >= 0.3 is 0 Å². The largest absolute Gasteiger partial charge is 0.493 e. The Morgan fingerprint density at radius 1 is 1.19 bits per heavy atom. The van der Waals surface area contributed by atoms with E-state index >= 15 is 0 Å². The van der Waals surface area contributed by atoms with Crippen molar-refractivity contribution in [3.8, 4) is 5.75 Å². The number of ether oxygens (including phenoxy) is 1. The van der Waals surface area contributed by atoms with Gasteiger partial charge in [-0.05, 0) is 38.3 Å². The highest BCUT2D eigenvalue weighted by Crippen LogP contribution is 2.29. The lowest BCUT2D eigenvalue weighted by molar-refractivity contribution is 0.273. The van der Waals surface area contributed by atoms with Gasteiger partial charge in [0, 0.05) is 49.2 Å². The first-order chi connectivity index (χ1) is 10.3. The molecule has 4 heteroatoms. The lowest BCUT2D eigenvalue weighted by Gasteiger charge is -2.28. The Labute approximate surface area is 127 Å². The molecule has 1 atom stereocenters. The SMILES string of the molecule is CCCOc1cc(N)cc(N2CCCN3CCCC3C2)c1. The van der Waals surface area contributed by atoms with Crippen LogP contribution in [0.5, 0.6) is 5.75 Å². The maximum atomic E-state index is 6.07. The summed E-state index contributed by atoms with van der Waals surface area (Å²) in [6.45, 7) is 7.62. The molecule has 1 aromatic carbocycles. The third-order valence-electron chi connectivity index (χ3n) is 4.56. The summed E-state index contributed by atoms with van der Waals surface area (Å²) < 4.78 is 5.77. The van der Waals surface area contributed by atoms with E-state index in [1.165, 1.54) is 38.0 Å². The zero-order chi connectivity index (χ0) is 14.7. The number of nitrogen functional groups attached to an aromatic ring is 1. The van der Waals surface area contributed by atoms with Crippen LogP contribution < -0.4 is 15.4 Å². The molecule has 0 aromatic heterocycles. The van der Waals surface area contributed by atoms with Crippen LogP contribution in [-0.4, -0.2) is 43.7 Å². The van der Waals surface area contributed by atoms with Gasteiger partial charge in [-0.15, -0.1) is 0 Å². The minimum atomic E-state index is 0.717. The Bertz CT molecular complexity index is 477. The van der Waals surface area contributed by atoms with Crippen molar-refractivity contribution in [2.75, 3.05) is 43.4 Å². The number of nitrogens with two attached hydrogens (primary N) is 1. The number of hydrogen-bond acceptors (Lipinski definition) is 4. The summed E-state index contributed by atoms with van der Waals surface area (Å²) >= 11 is 0. The average Bonchev–Trinajstić information content (AvgIpc) is 2.81. The molecule has 1 unspecified atom stereocenters. The predicted octanol–water partition coefficient (Wildman–Crippen LogP) is 2.73.